The molecule has 1 aliphatic rings. The van der Waals surface area contributed by atoms with Crippen LogP contribution in [0.2, 0.25) is 0 Å². The van der Waals surface area contributed by atoms with Crippen LogP contribution in [0.25, 0.3) is 0 Å². The molecule has 1 saturated heterocycles. The number of aromatic nitrogens is 2. The van der Waals surface area contributed by atoms with Gasteiger partial charge in [-0.05, 0) is 0 Å². The van der Waals surface area contributed by atoms with Crippen molar-refractivity contribution in [2.45, 2.75) is 6.92 Å². The Hall–Kier alpha value is -1.47. The molecule has 0 radical (unpaired) electrons. The molecule has 1 N–H and O–H groups in total. The summed E-state index contributed by atoms with van der Waals surface area (Å²) in [6, 6.07) is 0. The zero-order chi connectivity index (χ0) is 13.0. The fraction of sp³-hybridized carbons (Fsp3) is 0.727. The van der Waals surface area contributed by atoms with E-state index in [2.05, 4.69) is 20.4 Å². The van der Waals surface area contributed by atoms with Crippen LogP contribution in [-0.4, -0.2) is 72.2 Å². The van der Waals surface area contributed by atoms with Crippen LogP contribution in [0, 0.1) is 6.92 Å². The van der Waals surface area contributed by atoms with E-state index >= 15 is 0 Å². The molecule has 0 aliphatic carbocycles. The van der Waals surface area contributed by atoms with E-state index in [1.165, 1.54) is 0 Å². The largest absolute Gasteiger partial charge is 0.339 e. The smallest absolute Gasteiger partial charge is 0.295 e. The Morgan fingerprint density at radius 1 is 1.50 bits per heavy atom. The van der Waals surface area contributed by atoms with E-state index in [4.69, 9.17) is 4.52 Å². The first-order valence-electron chi connectivity index (χ1n) is 6.15. The zero-order valence-electron chi connectivity index (χ0n) is 10.8. The standard InChI is InChI=1S/C11H19N5O2/c1-9-13-10(14-18-9)11(17)15(2)7-8-16-5-3-12-4-6-16/h12H,3-8H2,1-2H3. The van der Waals surface area contributed by atoms with Gasteiger partial charge in [-0.3, -0.25) is 9.69 Å². The molecule has 7 nitrogen and oxygen atoms in total. The van der Waals surface area contributed by atoms with Crippen LogP contribution in [0.5, 0.6) is 0 Å². The Labute approximate surface area is 106 Å². The number of amides is 1. The van der Waals surface area contributed by atoms with E-state index in [1.54, 1.807) is 18.9 Å². The third-order valence-corrected chi connectivity index (χ3v) is 3.03. The number of aryl methyl sites for hydroxylation is 1. The highest BCUT2D eigenvalue weighted by molar-refractivity contribution is 5.90. The van der Waals surface area contributed by atoms with Crippen LogP contribution in [-0.2, 0) is 0 Å². The second-order valence-corrected chi connectivity index (χ2v) is 4.46. The van der Waals surface area contributed by atoms with Crippen molar-refractivity contribution in [1.82, 2.24) is 25.3 Å². The van der Waals surface area contributed by atoms with Gasteiger partial charge in [0.05, 0.1) is 0 Å². The highest BCUT2D eigenvalue weighted by Crippen LogP contribution is 2.00. The molecule has 18 heavy (non-hydrogen) atoms. The van der Waals surface area contributed by atoms with Crippen LogP contribution in [0.4, 0.5) is 0 Å². The minimum Gasteiger partial charge on any atom is -0.339 e. The summed E-state index contributed by atoms with van der Waals surface area (Å²) >= 11 is 0. The van der Waals surface area contributed by atoms with Crippen molar-refractivity contribution in [3.8, 4) is 0 Å². The SMILES string of the molecule is Cc1nc(C(=O)N(C)CCN2CCNCC2)no1. The first kappa shape index (κ1) is 13.0. The summed E-state index contributed by atoms with van der Waals surface area (Å²) in [6.07, 6.45) is 0. The number of hydrogen-bond donors (Lipinski definition) is 1. The third-order valence-electron chi connectivity index (χ3n) is 3.03. The van der Waals surface area contributed by atoms with Gasteiger partial charge in [0.15, 0.2) is 0 Å². The molecule has 1 aromatic rings. The molecule has 2 rings (SSSR count). The lowest BCUT2D eigenvalue weighted by Crippen LogP contribution is -2.46. The van der Waals surface area contributed by atoms with Crippen LogP contribution >= 0.6 is 0 Å². The van der Waals surface area contributed by atoms with Crippen molar-refractivity contribution in [2.75, 3.05) is 46.3 Å². The van der Waals surface area contributed by atoms with Crippen molar-refractivity contribution in [3.63, 3.8) is 0 Å². The van der Waals surface area contributed by atoms with Crippen LogP contribution in [0.15, 0.2) is 4.52 Å². The molecule has 1 aliphatic heterocycles. The van der Waals surface area contributed by atoms with Gasteiger partial charge in [0, 0.05) is 53.2 Å². The fourth-order valence-electron chi connectivity index (χ4n) is 1.88. The van der Waals surface area contributed by atoms with Gasteiger partial charge in [0.2, 0.25) is 5.89 Å². The van der Waals surface area contributed by atoms with Gasteiger partial charge in [-0.2, -0.15) is 4.98 Å². The molecule has 0 unspecified atom stereocenters. The molecule has 0 spiro atoms. The Kier molecular flexibility index (Phi) is 4.27. The van der Waals surface area contributed by atoms with Crippen LogP contribution in [0.3, 0.4) is 0 Å². The minimum absolute atomic E-state index is 0.135. The number of carbonyl (C=O) groups excluding carboxylic acids is 1. The Balaban J connectivity index is 1.80. The van der Waals surface area contributed by atoms with Gasteiger partial charge in [0.25, 0.3) is 11.7 Å². The molecule has 100 valence electrons. The maximum Gasteiger partial charge on any atom is 0.295 e. The maximum absolute atomic E-state index is 11.9. The quantitative estimate of drug-likeness (QED) is 0.769. The third kappa shape index (κ3) is 3.27. The summed E-state index contributed by atoms with van der Waals surface area (Å²) in [5, 5.41) is 6.93. The Morgan fingerprint density at radius 2 is 2.22 bits per heavy atom. The van der Waals surface area contributed by atoms with Gasteiger partial charge >= 0.3 is 0 Å². The number of rotatable bonds is 4. The average molecular weight is 253 g/mol. The number of piperazine rings is 1. The highest BCUT2D eigenvalue weighted by Gasteiger charge is 2.18. The summed E-state index contributed by atoms with van der Waals surface area (Å²) in [6.45, 7) is 7.31. The Bertz CT molecular complexity index is 400. The van der Waals surface area contributed by atoms with Gasteiger partial charge < -0.3 is 14.7 Å². The van der Waals surface area contributed by atoms with Crippen molar-refractivity contribution in [3.05, 3.63) is 11.7 Å². The predicted molar refractivity (Wildman–Crippen MR) is 65.3 cm³/mol. The lowest BCUT2D eigenvalue weighted by atomic mass is 10.3. The number of nitrogens with zero attached hydrogens (tertiary/aromatic N) is 4. The Morgan fingerprint density at radius 3 is 2.83 bits per heavy atom. The first-order valence-corrected chi connectivity index (χ1v) is 6.15. The van der Waals surface area contributed by atoms with Gasteiger partial charge in [0.1, 0.15) is 0 Å². The lowest BCUT2D eigenvalue weighted by Gasteiger charge is -2.28. The molecule has 2 heterocycles. The molecule has 0 bridgehead atoms. The molecule has 0 atom stereocenters. The topological polar surface area (TPSA) is 74.5 Å². The van der Waals surface area contributed by atoms with Crippen molar-refractivity contribution < 1.29 is 9.32 Å². The minimum atomic E-state index is -0.193. The highest BCUT2D eigenvalue weighted by atomic mass is 16.5. The summed E-state index contributed by atoms with van der Waals surface area (Å²) in [5.41, 5.74) is 0. The summed E-state index contributed by atoms with van der Waals surface area (Å²) in [5.74, 6) is 0.353. The van der Waals surface area contributed by atoms with E-state index in [-0.39, 0.29) is 11.7 Å². The van der Waals surface area contributed by atoms with Crippen molar-refractivity contribution in [2.24, 2.45) is 0 Å². The first-order chi connectivity index (χ1) is 8.66. The molecule has 0 saturated carbocycles. The van der Waals surface area contributed by atoms with E-state index in [0.29, 0.717) is 12.4 Å². The monoisotopic (exact) mass is 253 g/mol. The normalized spacial score (nSPS) is 16.8. The van der Waals surface area contributed by atoms with Crippen LogP contribution < -0.4 is 5.32 Å². The van der Waals surface area contributed by atoms with Crippen LogP contribution in [0.1, 0.15) is 16.5 Å². The molecule has 1 amide bonds. The number of likely N-dealkylation sites (N-methyl/N-ethyl adjacent to an activating group) is 1. The molecule has 1 aromatic heterocycles. The second-order valence-electron chi connectivity index (χ2n) is 4.46. The number of hydrogen-bond acceptors (Lipinski definition) is 6. The fourth-order valence-corrected chi connectivity index (χ4v) is 1.88. The zero-order valence-corrected chi connectivity index (χ0v) is 10.8. The number of carbonyl (C=O) groups is 1. The van der Waals surface area contributed by atoms with Gasteiger partial charge in [-0.1, -0.05) is 5.16 Å². The average Bonchev–Trinajstić information content (AvgIpc) is 2.83. The second kappa shape index (κ2) is 5.92. The van der Waals surface area contributed by atoms with Gasteiger partial charge in [-0.25, -0.2) is 0 Å². The molecule has 7 heteroatoms. The van der Waals surface area contributed by atoms with Crippen molar-refractivity contribution >= 4 is 5.91 Å². The molecular weight excluding hydrogens is 234 g/mol. The molecular formula is C11H19N5O2. The molecule has 1 fully saturated rings. The van der Waals surface area contributed by atoms with E-state index < -0.39 is 0 Å². The predicted octanol–water partition coefficient (Wildman–Crippen LogP) is -0.645. The number of nitrogens with one attached hydrogen (secondary N) is 1. The molecule has 0 aromatic carbocycles. The van der Waals surface area contributed by atoms with E-state index in [0.717, 1.165) is 32.7 Å². The summed E-state index contributed by atoms with van der Waals surface area (Å²) < 4.78 is 4.80. The lowest BCUT2D eigenvalue weighted by molar-refractivity contribution is 0.0759. The summed E-state index contributed by atoms with van der Waals surface area (Å²) in [4.78, 5) is 19.8. The maximum atomic E-state index is 11.9. The van der Waals surface area contributed by atoms with Crippen molar-refractivity contribution in [1.29, 1.82) is 0 Å². The van der Waals surface area contributed by atoms with E-state index in [1.807, 2.05) is 0 Å². The van der Waals surface area contributed by atoms with E-state index in [9.17, 15) is 4.79 Å². The summed E-state index contributed by atoms with van der Waals surface area (Å²) in [7, 11) is 1.76. The van der Waals surface area contributed by atoms with Gasteiger partial charge in [-0.15, -0.1) is 0 Å².